The van der Waals surface area contributed by atoms with Gasteiger partial charge in [-0.05, 0) is 47.9 Å². The molecule has 3 heterocycles. The minimum atomic E-state index is -0.429. The van der Waals surface area contributed by atoms with E-state index in [4.69, 9.17) is 14.5 Å². The summed E-state index contributed by atoms with van der Waals surface area (Å²) < 4.78 is 27.7. The molecule has 0 aliphatic carbocycles. The molecule has 0 amide bonds. The van der Waals surface area contributed by atoms with Crippen LogP contribution < -0.4 is 15.2 Å². The first-order valence-corrected chi connectivity index (χ1v) is 12.3. The van der Waals surface area contributed by atoms with Crippen molar-refractivity contribution < 1.29 is 19.0 Å². The third kappa shape index (κ3) is 4.56. The molecule has 8 heteroatoms. The molecule has 188 valence electrons. The number of anilines is 1. The van der Waals surface area contributed by atoms with Gasteiger partial charge in [0, 0.05) is 31.3 Å². The Hall–Kier alpha value is -4.17. The molecule has 2 aliphatic heterocycles. The van der Waals surface area contributed by atoms with Crippen molar-refractivity contribution in [1.29, 1.82) is 0 Å². The summed E-state index contributed by atoms with van der Waals surface area (Å²) >= 11 is 0. The highest BCUT2D eigenvalue weighted by Crippen LogP contribution is 2.33. The van der Waals surface area contributed by atoms with E-state index in [0.29, 0.717) is 74.2 Å². The van der Waals surface area contributed by atoms with Crippen molar-refractivity contribution in [3.63, 3.8) is 0 Å². The van der Waals surface area contributed by atoms with Crippen molar-refractivity contribution in [3.05, 3.63) is 93.8 Å². The number of rotatable bonds is 5. The van der Waals surface area contributed by atoms with Gasteiger partial charge >= 0.3 is 0 Å². The number of aromatic nitrogens is 2. The largest absolute Gasteiger partial charge is 0.507 e. The summed E-state index contributed by atoms with van der Waals surface area (Å²) in [5.41, 5.74) is 3.11. The van der Waals surface area contributed by atoms with Crippen LogP contribution >= 0.6 is 0 Å². The van der Waals surface area contributed by atoms with E-state index < -0.39 is 5.82 Å². The second-order valence-electron chi connectivity index (χ2n) is 9.23. The number of ether oxygens (including phenoxy) is 2. The minimum Gasteiger partial charge on any atom is -0.507 e. The highest BCUT2D eigenvalue weighted by atomic mass is 19.1. The smallest absolute Gasteiger partial charge is 0.261 e. The molecular weight excluding hydrogens is 473 g/mol. The van der Waals surface area contributed by atoms with Crippen LogP contribution in [0.25, 0.3) is 22.6 Å². The van der Waals surface area contributed by atoms with Crippen molar-refractivity contribution in [2.45, 2.75) is 19.6 Å². The molecule has 0 saturated carbocycles. The maximum absolute atomic E-state index is 14.9. The van der Waals surface area contributed by atoms with Crippen LogP contribution in [-0.4, -0.2) is 41.0 Å². The first kappa shape index (κ1) is 23.2. The summed E-state index contributed by atoms with van der Waals surface area (Å²) in [6, 6.07) is 17.9. The molecule has 0 atom stereocenters. The molecule has 37 heavy (non-hydrogen) atoms. The Morgan fingerprint density at radius 3 is 2.65 bits per heavy atom. The first-order chi connectivity index (χ1) is 18.1. The van der Waals surface area contributed by atoms with Crippen molar-refractivity contribution >= 4 is 28.2 Å². The average Bonchev–Trinajstić information content (AvgIpc) is 3.33. The van der Waals surface area contributed by atoms with Gasteiger partial charge in [0.1, 0.15) is 29.7 Å². The topological polar surface area (TPSA) is 76.8 Å². The van der Waals surface area contributed by atoms with Crippen molar-refractivity contribution in [2.75, 3.05) is 31.2 Å². The molecule has 1 fully saturated rings. The molecule has 0 spiro atoms. The SMILES string of the molecule is O=c1c2cc(F)c(N3CCOCC3)cc2nc2n1CC/C2=C\c1ccc(OCc2ccccc2)cc1O. The Kier molecular flexibility index (Phi) is 6.10. The summed E-state index contributed by atoms with van der Waals surface area (Å²) in [6.07, 6.45) is 2.43. The van der Waals surface area contributed by atoms with E-state index in [-0.39, 0.29) is 16.7 Å². The molecule has 4 aromatic rings. The molecule has 7 nitrogen and oxygen atoms in total. The second kappa shape index (κ2) is 9.71. The molecular formula is C29H26FN3O4. The van der Waals surface area contributed by atoms with Crippen molar-refractivity contribution in [3.8, 4) is 11.5 Å². The number of allylic oxidation sites excluding steroid dienone is 1. The van der Waals surface area contributed by atoms with Crippen LogP contribution in [0, 0.1) is 5.82 Å². The number of benzene rings is 3. The Morgan fingerprint density at radius 2 is 1.86 bits per heavy atom. The van der Waals surface area contributed by atoms with Crippen LogP contribution in [0.5, 0.6) is 11.5 Å². The summed E-state index contributed by atoms with van der Waals surface area (Å²) in [7, 11) is 0. The molecule has 6 rings (SSSR count). The molecule has 2 aliphatic rings. The Labute approximate surface area is 213 Å². The minimum absolute atomic E-state index is 0.0799. The number of hydrogen-bond acceptors (Lipinski definition) is 6. The van der Waals surface area contributed by atoms with Gasteiger partial charge < -0.3 is 19.5 Å². The van der Waals surface area contributed by atoms with E-state index in [9.17, 15) is 14.3 Å². The van der Waals surface area contributed by atoms with Gasteiger partial charge in [0.2, 0.25) is 0 Å². The monoisotopic (exact) mass is 499 g/mol. The van der Waals surface area contributed by atoms with Crippen molar-refractivity contribution in [1.82, 2.24) is 9.55 Å². The van der Waals surface area contributed by atoms with E-state index in [1.54, 1.807) is 22.8 Å². The second-order valence-corrected chi connectivity index (χ2v) is 9.23. The zero-order chi connectivity index (χ0) is 25.4. The van der Waals surface area contributed by atoms with E-state index in [1.807, 2.05) is 47.4 Å². The normalized spacial score (nSPS) is 16.4. The van der Waals surface area contributed by atoms with Gasteiger partial charge in [-0.1, -0.05) is 30.3 Å². The zero-order valence-corrected chi connectivity index (χ0v) is 20.2. The Morgan fingerprint density at radius 1 is 1.05 bits per heavy atom. The van der Waals surface area contributed by atoms with Gasteiger partial charge in [-0.2, -0.15) is 0 Å². The van der Waals surface area contributed by atoms with E-state index in [2.05, 4.69) is 0 Å². The number of halogens is 1. The predicted octanol–water partition coefficient (Wildman–Crippen LogP) is 4.60. The number of phenols is 1. The summed E-state index contributed by atoms with van der Waals surface area (Å²) in [5, 5.41) is 10.9. The Bertz CT molecular complexity index is 1560. The van der Waals surface area contributed by atoms with Gasteiger partial charge in [-0.25, -0.2) is 9.37 Å². The van der Waals surface area contributed by atoms with Crippen LogP contribution in [0.1, 0.15) is 23.4 Å². The van der Waals surface area contributed by atoms with Gasteiger partial charge in [0.25, 0.3) is 5.56 Å². The average molecular weight is 500 g/mol. The van der Waals surface area contributed by atoms with Crippen LogP contribution in [0.2, 0.25) is 0 Å². The number of hydrogen-bond donors (Lipinski definition) is 1. The highest BCUT2D eigenvalue weighted by molar-refractivity contribution is 5.87. The van der Waals surface area contributed by atoms with Gasteiger partial charge in [0.15, 0.2) is 0 Å². The fourth-order valence-electron chi connectivity index (χ4n) is 4.87. The van der Waals surface area contributed by atoms with E-state index in [0.717, 1.165) is 11.1 Å². The maximum atomic E-state index is 14.9. The van der Waals surface area contributed by atoms with E-state index >= 15 is 0 Å². The fourth-order valence-corrected chi connectivity index (χ4v) is 4.87. The fraction of sp³-hybridized carbons (Fsp3) is 0.241. The molecule has 0 radical (unpaired) electrons. The summed E-state index contributed by atoms with van der Waals surface area (Å²) in [6.45, 7) is 3.09. The van der Waals surface area contributed by atoms with Gasteiger partial charge in [-0.3, -0.25) is 9.36 Å². The lowest BCUT2D eigenvalue weighted by atomic mass is 10.1. The first-order valence-electron chi connectivity index (χ1n) is 12.3. The van der Waals surface area contributed by atoms with Crippen LogP contribution in [0.15, 0.2) is 65.5 Å². The Balaban J connectivity index is 1.31. The van der Waals surface area contributed by atoms with Crippen LogP contribution in [-0.2, 0) is 17.9 Å². The highest BCUT2D eigenvalue weighted by Gasteiger charge is 2.24. The maximum Gasteiger partial charge on any atom is 0.261 e. The number of nitrogens with zero attached hydrogens (tertiary/aromatic N) is 3. The van der Waals surface area contributed by atoms with E-state index in [1.165, 1.54) is 6.07 Å². The molecule has 3 aromatic carbocycles. The molecule has 1 aromatic heterocycles. The standard InChI is InChI=1S/C29H26FN3O4/c30-24-16-23-25(17-26(24)32-10-12-36-13-11-32)31-28-21(8-9-33(28)29(23)35)14-20-6-7-22(15-27(20)34)37-18-19-4-2-1-3-5-19/h1-7,14-17,34H,8-13,18H2/b21-14+. The number of morpholine rings is 1. The van der Waals surface area contributed by atoms with Crippen LogP contribution in [0.3, 0.4) is 0 Å². The predicted molar refractivity (Wildman–Crippen MR) is 140 cm³/mol. The molecule has 0 unspecified atom stereocenters. The number of aromatic hydroxyl groups is 1. The lowest BCUT2D eigenvalue weighted by molar-refractivity contribution is 0.122. The molecule has 0 bridgehead atoms. The number of phenolic OH excluding ortho intramolecular Hbond substituents is 1. The third-order valence-corrected chi connectivity index (χ3v) is 6.85. The zero-order valence-electron chi connectivity index (χ0n) is 20.2. The lowest BCUT2D eigenvalue weighted by Crippen LogP contribution is -2.36. The third-order valence-electron chi connectivity index (χ3n) is 6.85. The van der Waals surface area contributed by atoms with Gasteiger partial charge in [-0.15, -0.1) is 0 Å². The molecule has 1 N–H and O–H groups in total. The van der Waals surface area contributed by atoms with Gasteiger partial charge in [0.05, 0.1) is 29.8 Å². The molecule has 1 saturated heterocycles. The summed E-state index contributed by atoms with van der Waals surface area (Å²) in [4.78, 5) is 19.9. The van der Waals surface area contributed by atoms with Crippen LogP contribution in [0.4, 0.5) is 10.1 Å². The number of fused-ring (bicyclic) bond motifs is 2. The summed E-state index contributed by atoms with van der Waals surface area (Å²) in [5.74, 6) is 0.757. The quantitative estimate of drug-likeness (QED) is 0.433. The van der Waals surface area contributed by atoms with Crippen molar-refractivity contribution in [2.24, 2.45) is 0 Å². The lowest BCUT2D eigenvalue weighted by Gasteiger charge is -2.29.